The van der Waals surface area contributed by atoms with E-state index < -0.39 is 0 Å². The van der Waals surface area contributed by atoms with Crippen molar-refractivity contribution in [3.05, 3.63) is 48.8 Å². The van der Waals surface area contributed by atoms with Crippen molar-refractivity contribution < 1.29 is 0 Å². The van der Waals surface area contributed by atoms with E-state index in [0.717, 1.165) is 60.7 Å². The summed E-state index contributed by atoms with van der Waals surface area (Å²) in [6.07, 6.45) is 4.72. The van der Waals surface area contributed by atoms with Gasteiger partial charge < -0.3 is 9.80 Å². The highest BCUT2D eigenvalue weighted by atomic mass is 15.2. The van der Waals surface area contributed by atoms with E-state index in [-0.39, 0.29) is 0 Å². The second-order valence-corrected chi connectivity index (χ2v) is 6.27. The Morgan fingerprint density at radius 2 is 1.71 bits per heavy atom. The van der Waals surface area contributed by atoms with E-state index in [4.69, 9.17) is 9.97 Å². The summed E-state index contributed by atoms with van der Waals surface area (Å²) in [7, 11) is 2.18. The van der Waals surface area contributed by atoms with Crippen molar-refractivity contribution in [1.29, 1.82) is 0 Å². The van der Waals surface area contributed by atoms with E-state index in [1.165, 1.54) is 0 Å². The lowest BCUT2D eigenvalue weighted by Crippen LogP contribution is -2.29. The van der Waals surface area contributed by atoms with Crippen LogP contribution < -0.4 is 4.90 Å². The minimum absolute atomic E-state index is 0.767. The molecule has 0 N–H and O–H groups in total. The van der Waals surface area contributed by atoms with Crippen LogP contribution in [0.3, 0.4) is 0 Å². The van der Waals surface area contributed by atoms with Crippen LogP contribution in [0.4, 0.5) is 5.82 Å². The van der Waals surface area contributed by atoms with Crippen LogP contribution in [0.25, 0.3) is 22.3 Å². The summed E-state index contributed by atoms with van der Waals surface area (Å²) in [4.78, 5) is 18.6. The molecular formula is C19H21N5. The number of rotatable bonds is 2. The van der Waals surface area contributed by atoms with Crippen LogP contribution in [0.2, 0.25) is 0 Å². The fraction of sp³-hybridized carbons (Fsp3) is 0.316. The Labute approximate surface area is 142 Å². The summed E-state index contributed by atoms with van der Waals surface area (Å²) >= 11 is 0. The molecule has 122 valence electrons. The summed E-state index contributed by atoms with van der Waals surface area (Å²) < 4.78 is 0. The van der Waals surface area contributed by atoms with Gasteiger partial charge in [-0.2, -0.15) is 0 Å². The number of pyridine rings is 1. The lowest BCUT2D eigenvalue weighted by atomic mass is 10.2. The van der Waals surface area contributed by atoms with Crippen molar-refractivity contribution in [2.45, 2.75) is 6.42 Å². The van der Waals surface area contributed by atoms with Gasteiger partial charge in [-0.25, -0.2) is 9.97 Å². The molecule has 5 nitrogen and oxygen atoms in total. The molecular weight excluding hydrogens is 298 g/mol. The zero-order valence-electron chi connectivity index (χ0n) is 13.9. The molecule has 1 aromatic carbocycles. The van der Waals surface area contributed by atoms with Gasteiger partial charge in [0, 0.05) is 43.0 Å². The topological polar surface area (TPSA) is 45.2 Å². The van der Waals surface area contributed by atoms with E-state index in [0.29, 0.717) is 0 Å². The number of hydrogen-bond acceptors (Lipinski definition) is 5. The number of likely N-dealkylation sites (N-methyl/N-ethyl adjacent to an activating group) is 1. The average molecular weight is 319 g/mol. The molecule has 5 heteroatoms. The van der Waals surface area contributed by atoms with Crippen molar-refractivity contribution in [2.75, 3.05) is 38.1 Å². The smallest absolute Gasteiger partial charge is 0.162 e. The number of para-hydroxylation sites is 1. The third-order valence-corrected chi connectivity index (χ3v) is 4.54. The fourth-order valence-electron chi connectivity index (χ4n) is 3.19. The Morgan fingerprint density at radius 3 is 2.58 bits per heavy atom. The Balaban J connectivity index is 1.83. The molecule has 4 rings (SSSR count). The quantitative estimate of drug-likeness (QED) is 0.727. The Hall–Kier alpha value is -2.53. The third kappa shape index (κ3) is 2.95. The van der Waals surface area contributed by atoms with Gasteiger partial charge in [0.25, 0.3) is 0 Å². The molecule has 0 spiro atoms. The maximum atomic E-state index is 4.93. The maximum absolute atomic E-state index is 4.93. The van der Waals surface area contributed by atoms with E-state index in [9.17, 15) is 0 Å². The first kappa shape index (κ1) is 15.0. The summed E-state index contributed by atoms with van der Waals surface area (Å²) in [5.74, 6) is 1.81. The highest BCUT2D eigenvalue weighted by Gasteiger charge is 2.18. The summed E-state index contributed by atoms with van der Waals surface area (Å²) in [6.45, 7) is 4.22. The van der Waals surface area contributed by atoms with Crippen LogP contribution in [0.15, 0.2) is 48.8 Å². The first-order valence-corrected chi connectivity index (χ1v) is 8.42. The second kappa shape index (κ2) is 6.53. The normalized spacial score (nSPS) is 16.3. The standard InChI is InChI=1S/C19H21N5/c1-23-11-4-12-24(14-13-23)19-16-5-2-3-6-17(16)21-18(22-19)15-7-9-20-10-8-15/h2-3,5-10H,4,11-14H2,1H3. The van der Waals surface area contributed by atoms with Crippen LogP contribution in [0.5, 0.6) is 0 Å². The van der Waals surface area contributed by atoms with Gasteiger partial charge >= 0.3 is 0 Å². The molecule has 1 aliphatic rings. The van der Waals surface area contributed by atoms with Crippen molar-refractivity contribution in [1.82, 2.24) is 19.9 Å². The van der Waals surface area contributed by atoms with Gasteiger partial charge in [-0.3, -0.25) is 4.98 Å². The molecule has 2 aromatic heterocycles. The summed E-state index contributed by atoms with van der Waals surface area (Å²) in [6, 6.07) is 12.2. The van der Waals surface area contributed by atoms with Crippen molar-refractivity contribution >= 4 is 16.7 Å². The first-order valence-electron chi connectivity index (χ1n) is 8.42. The number of aromatic nitrogens is 3. The number of benzene rings is 1. The molecule has 0 saturated carbocycles. The van der Waals surface area contributed by atoms with Crippen molar-refractivity contribution in [2.24, 2.45) is 0 Å². The minimum Gasteiger partial charge on any atom is -0.355 e. The molecule has 0 unspecified atom stereocenters. The van der Waals surface area contributed by atoms with Crippen LogP contribution >= 0.6 is 0 Å². The lowest BCUT2D eigenvalue weighted by Gasteiger charge is -2.23. The molecule has 3 aromatic rings. The van der Waals surface area contributed by atoms with Crippen molar-refractivity contribution in [3.63, 3.8) is 0 Å². The van der Waals surface area contributed by atoms with Crippen LogP contribution in [0, 0.1) is 0 Å². The van der Waals surface area contributed by atoms with Gasteiger partial charge in [0.1, 0.15) is 5.82 Å². The number of anilines is 1. The number of hydrogen-bond donors (Lipinski definition) is 0. The van der Waals surface area contributed by atoms with E-state index >= 15 is 0 Å². The SMILES string of the molecule is CN1CCCN(c2nc(-c3ccncc3)nc3ccccc23)CC1. The highest BCUT2D eigenvalue weighted by Crippen LogP contribution is 2.28. The molecule has 0 amide bonds. The largest absolute Gasteiger partial charge is 0.355 e. The molecule has 0 aliphatic carbocycles. The van der Waals surface area contributed by atoms with Gasteiger partial charge in [0.15, 0.2) is 5.82 Å². The fourth-order valence-corrected chi connectivity index (χ4v) is 3.19. The van der Waals surface area contributed by atoms with Crippen LogP contribution in [-0.4, -0.2) is 53.1 Å². The monoisotopic (exact) mass is 319 g/mol. The molecule has 1 saturated heterocycles. The Bertz CT molecular complexity index is 834. The third-order valence-electron chi connectivity index (χ3n) is 4.54. The van der Waals surface area contributed by atoms with Gasteiger partial charge in [0.2, 0.25) is 0 Å². The number of nitrogens with zero attached hydrogens (tertiary/aromatic N) is 5. The second-order valence-electron chi connectivity index (χ2n) is 6.27. The zero-order chi connectivity index (χ0) is 16.4. The molecule has 24 heavy (non-hydrogen) atoms. The van der Waals surface area contributed by atoms with E-state index in [1.807, 2.05) is 18.2 Å². The summed E-state index contributed by atoms with van der Waals surface area (Å²) in [5.41, 5.74) is 2.00. The minimum atomic E-state index is 0.767. The van der Waals surface area contributed by atoms with Crippen LogP contribution in [-0.2, 0) is 0 Å². The number of fused-ring (bicyclic) bond motifs is 1. The Morgan fingerprint density at radius 1 is 0.875 bits per heavy atom. The van der Waals surface area contributed by atoms with Crippen molar-refractivity contribution in [3.8, 4) is 11.4 Å². The summed E-state index contributed by atoms with van der Waals surface area (Å²) in [5, 5.41) is 1.12. The predicted molar refractivity (Wildman–Crippen MR) is 97.1 cm³/mol. The zero-order valence-corrected chi connectivity index (χ0v) is 13.9. The first-order chi connectivity index (χ1) is 11.8. The maximum Gasteiger partial charge on any atom is 0.162 e. The van der Waals surface area contributed by atoms with E-state index in [1.54, 1.807) is 12.4 Å². The predicted octanol–water partition coefficient (Wildman–Crippen LogP) is 2.83. The van der Waals surface area contributed by atoms with Gasteiger partial charge in [-0.1, -0.05) is 12.1 Å². The van der Waals surface area contributed by atoms with Gasteiger partial charge in [0.05, 0.1) is 5.52 Å². The molecule has 0 atom stereocenters. The molecule has 0 radical (unpaired) electrons. The molecule has 1 fully saturated rings. The highest BCUT2D eigenvalue weighted by molar-refractivity contribution is 5.91. The van der Waals surface area contributed by atoms with Crippen LogP contribution in [0.1, 0.15) is 6.42 Å². The molecule has 1 aliphatic heterocycles. The Kier molecular flexibility index (Phi) is 4.09. The molecule has 3 heterocycles. The van der Waals surface area contributed by atoms with E-state index in [2.05, 4.69) is 40.0 Å². The van der Waals surface area contributed by atoms with Gasteiger partial charge in [-0.05, 0) is 44.3 Å². The lowest BCUT2D eigenvalue weighted by molar-refractivity contribution is 0.360. The average Bonchev–Trinajstić information content (AvgIpc) is 2.86. The van der Waals surface area contributed by atoms with Gasteiger partial charge in [-0.15, -0.1) is 0 Å². The molecule has 0 bridgehead atoms.